The Labute approximate surface area is 145 Å². The molecule has 0 aromatic heterocycles. The van der Waals surface area contributed by atoms with Crippen LogP contribution in [-0.4, -0.2) is 25.1 Å². The van der Waals surface area contributed by atoms with Crippen LogP contribution in [0.25, 0.3) is 0 Å². The second kappa shape index (κ2) is 8.47. The predicted molar refractivity (Wildman–Crippen MR) is 90.6 cm³/mol. The molecule has 1 amide bonds. The fourth-order valence-electron chi connectivity index (χ4n) is 1.62. The molecule has 2 rings (SSSR count). The van der Waals surface area contributed by atoms with Crippen molar-refractivity contribution in [3.05, 3.63) is 57.9 Å². The van der Waals surface area contributed by atoms with E-state index in [1.807, 2.05) is 12.1 Å². The Bertz CT molecular complexity index is 691. The number of esters is 1. The van der Waals surface area contributed by atoms with Crippen LogP contribution in [0.2, 0.25) is 0 Å². The second-order valence-electron chi connectivity index (χ2n) is 4.46. The van der Waals surface area contributed by atoms with E-state index in [0.717, 1.165) is 3.57 Å². The zero-order chi connectivity index (χ0) is 16.7. The van der Waals surface area contributed by atoms with Crippen molar-refractivity contribution in [2.24, 2.45) is 0 Å². The van der Waals surface area contributed by atoms with Gasteiger partial charge in [-0.1, -0.05) is 6.07 Å². The van der Waals surface area contributed by atoms with Crippen LogP contribution in [0.15, 0.2) is 48.5 Å². The van der Waals surface area contributed by atoms with Gasteiger partial charge in [-0.3, -0.25) is 4.79 Å². The minimum absolute atomic E-state index is 0.293. The molecule has 0 heterocycles. The maximum Gasteiger partial charge on any atom is 0.344 e. The minimum atomic E-state index is -0.669. The summed E-state index contributed by atoms with van der Waals surface area (Å²) in [6.07, 6.45) is 0. The number of amides is 1. The quantitative estimate of drug-likeness (QED) is 0.567. The van der Waals surface area contributed by atoms with E-state index in [2.05, 4.69) is 27.9 Å². The van der Waals surface area contributed by atoms with Gasteiger partial charge in [-0.2, -0.15) is 0 Å². The molecular weight excluding hydrogens is 416 g/mol. The number of rotatable bonds is 6. The minimum Gasteiger partial charge on any atom is -0.482 e. The van der Waals surface area contributed by atoms with Crippen LogP contribution in [0.3, 0.4) is 0 Å². The number of hydrogen-bond donors (Lipinski definition) is 1. The molecule has 0 aliphatic carbocycles. The lowest BCUT2D eigenvalue weighted by Crippen LogP contribution is -2.23. The molecule has 2 aromatic rings. The Morgan fingerprint density at radius 3 is 2.52 bits per heavy atom. The molecule has 1 N–H and O–H groups in total. The van der Waals surface area contributed by atoms with Crippen molar-refractivity contribution in [1.29, 1.82) is 0 Å². The van der Waals surface area contributed by atoms with Crippen molar-refractivity contribution in [3.63, 3.8) is 0 Å². The van der Waals surface area contributed by atoms with Crippen LogP contribution < -0.4 is 10.1 Å². The SMILES string of the molecule is O=C(COC(=O)COc1ccc(I)cc1)Nc1cccc(F)c1. The highest BCUT2D eigenvalue weighted by molar-refractivity contribution is 14.1. The van der Waals surface area contributed by atoms with Gasteiger partial charge in [0.15, 0.2) is 13.2 Å². The molecular formula is C16H13FINO4. The third kappa shape index (κ3) is 6.23. The Hall–Kier alpha value is -2.16. The van der Waals surface area contributed by atoms with Crippen molar-refractivity contribution < 1.29 is 23.5 Å². The molecule has 0 unspecified atom stereocenters. The summed E-state index contributed by atoms with van der Waals surface area (Å²) in [6.45, 7) is -0.765. The van der Waals surface area contributed by atoms with E-state index in [4.69, 9.17) is 9.47 Å². The van der Waals surface area contributed by atoms with Gasteiger partial charge in [-0.15, -0.1) is 0 Å². The van der Waals surface area contributed by atoms with E-state index < -0.39 is 24.3 Å². The molecule has 0 radical (unpaired) electrons. The van der Waals surface area contributed by atoms with Crippen molar-refractivity contribution in [2.45, 2.75) is 0 Å². The molecule has 5 nitrogen and oxygen atoms in total. The molecule has 23 heavy (non-hydrogen) atoms. The third-order valence-electron chi connectivity index (χ3n) is 2.64. The van der Waals surface area contributed by atoms with E-state index in [1.165, 1.54) is 24.3 Å². The standard InChI is InChI=1S/C16H13FINO4/c17-11-2-1-3-13(8-11)19-15(20)9-23-16(21)10-22-14-6-4-12(18)5-7-14/h1-8H,9-10H2,(H,19,20). The molecule has 0 aliphatic rings. The van der Waals surface area contributed by atoms with E-state index in [1.54, 1.807) is 12.1 Å². The highest BCUT2D eigenvalue weighted by atomic mass is 127. The number of anilines is 1. The van der Waals surface area contributed by atoms with Crippen LogP contribution in [0, 0.1) is 9.39 Å². The van der Waals surface area contributed by atoms with Gasteiger partial charge in [0.05, 0.1) is 0 Å². The summed E-state index contributed by atoms with van der Waals surface area (Å²) in [5.41, 5.74) is 0.293. The molecule has 0 aliphatic heterocycles. The zero-order valence-electron chi connectivity index (χ0n) is 11.9. The van der Waals surface area contributed by atoms with Crippen LogP contribution in [0.4, 0.5) is 10.1 Å². The summed E-state index contributed by atoms with van der Waals surface area (Å²) in [6, 6.07) is 12.6. The molecule has 0 bridgehead atoms. The average Bonchev–Trinajstić information content (AvgIpc) is 2.52. The summed E-state index contributed by atoms with van der Waals surface area (Å²) >= 11 is 2.15. The summed E-state index contributed by atoms with van der Waals surface area (Å²) in [5.74, 6) is -1.16. The Balaban J connectivity index is 1.71. The van der Waals surface area contributed by atoms with Gasteiger partial charge < -0.3 is 14.8 Å². The lowest BCUT2D eigenvalue weighted by Gasteiger charge is -2.08. The summed E-state index contributed by atoms with van der Waals surface area (Å²) in [5, 5.41) is 2.42. The van der Waals surface area contributed by atoms with Gasteiger partial charge in [-0.25, -0.2) is 9.18 Å². The Kier molecular flexibility index (Phi) is 6.33. The number of carbonyl (C=O) groups excluding carboxylic acids is 2. The lowest BCUT2D eigenvalue weighted by molar-refractivity contribution is -0.149. The summed E-state index contributed by atoms with van der Waals surface area (Å²) in [4.78, 5) is 23.1. The van der Waals surface area contributed by atoms with Crippen molar-refractivity contribution >= 4 is 40.2 Å². The van der Waals surface area contributed by atoms with Crippen LogP contribution in [0.1, 0.15) is 0 Å². The molecule has 0 saturated heterocycles. The number of nitrogens with one attached hydrogen (secondary N) is 1. The fourth-order valence-corrected chi connectivity index (χ4v) is 1.98. The topological polar surface area (TPSA) is 64.6 Å². The predicted octanol–water partition coefficient (Wildman–Crippen LogP) is 2.99. The van der Waals surface area contributed by atoms with Gasteiger partial charge in [-0.05, 0) is 65.1 Å². The molecule has 0 spiro atoms. The normalized spacial score (nSPS) is 10.0. The Morgan fingerprint density at radius 2 is 1.83 bits per heavy atom. The monoisotopic (exact) mass is 429 g/mol. The number of benzene rings is 2. The smallest absolute Gasteiger partial charge is 0.344 e. The second-order valence-corrected chi connectivity index (χ2v) is 5.71. The van der Waals surface area contributed by atoms with Gasteiger partial charge >= 0.3 is 5.97 Å². The van der Waals surface area contributed by atoms with Gasteiger partial charge in [0, 0.05) is 9.26 Å². The van der Waals surface area contributed by atoms with E-state index >= 15 is 0 Å². The maximum atomic E-state index is 13.0. The average molecular weight is 429 g/mol. The van der Waals surface area contributed by atoms with Gasteiger partial charge in [0.1, 0.15) is 11.6 Å². The summed E-state index contributed by atoms with van der Waals surface area (Å²) in [7, 11) is 0. The molecule has 0 atom stereocenters. The van der Waals surface area contributed by atoms with Crippen LogP contribution >= 0.6 is 22.6 Å². The number of ether oxygens (including phenoxy) is 2. The highest BCUT2D eigenvalue weighted by Gasteiger charge is 2.09. The van der Waals surface area contributed by atoms with Crippen molar-refractivity contribution in [3.8, 4) is 5.75 Å². The number of carbonyl (C=O) groups is 2. The van der Waals surface area contributed by atoms with Crippen molar-refractivity contribution in [2.75, 3.05) is 18.5 Å². The zero-order valence-corrected chi connectivity index (χ0v) is 14.1. The first-order valence-corrected chi connectivity index (χ1v) is 7.70. The van der Waals surface area contributed by atoms with Crippen LogP contribution in [0.5, 0.6) is 5.75 Å². The van der Waals surface area contributed by atoms with E-state index in [-0.39, 0.29) is 6.61 Å². The van der Waals surface area contributed by atoms with E-state index in [0.29, 0.717) is 11.4 Å². The number of halogens is 2. The molecule has 2 aromatic carbocycles. The Morgan fingerprint density at radius 1 is 1.09 bits per heavy atom. The summed E-state index contributed by atoms with van der Waals surface area (Å²) < 4.78 is 24.0. The maximum absolute atomic E-state index is 13.0. The third-order valence-corrected chi connectivity index (χ3v) is 3.36. The van der Waals surface area contributed by atoms with Crippen LogP contribution in [-0.2, 0) is 14.3 Å². The first kappa shape index (κ1) is 17.2. The van der Waals surface area contributed by atoms with E-state index in [9.17, 15) is 14.0 Å². The molecule has 0 fully saturated rings. The fraction of sp³-hybridized carbons (Fsp3) is 0.125. The first-order valence-electron chi connectivity index (χ1n) is 6.62. The number of hydrogen-bond acceptors (Lipinski definition) is 4. The largest absolute Gasteiger partial charge is 0.482 e. The molecule has 120 valence electrons. The molecule has 7 heteroatoms. The molecule has 0 saturated carbocycles. The van der Waals surface area contributed by atoms with Crippen molar-refractivity contribution in [1.82, 2.24) is 0 Å². The lowest BCUT2D eigenvalue weighted by atomic mass is 10.3. The highest BCUT2D eigenvalue weighted by Crippen LogP contribution is 2.13. The van der Waals surface area contributed by atoms with Gasteiger partial charge in [0.25, 0.3) is 5.91 Å². The first-order chi connectivity index (χ1) is 11.0. The van der Waals surface area contributed by atoms with Gasteiger partial charge in [0.2, 0.25) is 0 Å².